The molecule has 0 aliphatic heterocycles. The van der Waals surface area contributed by atoms with Gasteiger partial charge in [-0.3, -0.25) is 4.79 Å². The highest BCUT2D eigenvalue weighted by Crippen LogP contribution is 2.13. The van der Waals surface area contributed by atoms with E-state index in [0.29, 0.717) is 6.61 Å². The van der Waals surface area contributed by atoms with Crippen LogP contribution in [0.4, 0.5) is 0 Å². The zero-order valence-electron chi connectivity index (χ0n) is 12.2. The quantitative estimate of drug-likeness (QED) is 0.677. The molecule has 1 N–H and O–H groups in total. The SMILES string of the molecule is CC(=O)N/N=C\c1ccc(OCc2ccc(C)cc2)cc1. The molecule has 21 heavy (non-hydrogen) atoms. The maximum absolute atomic E-state index is 10.7. The van der Waals surface area contributed by atoms with Crippen molar-refractivity contribution < 1.29 is 9.53 Å². The van der Waals surface area contributed by atoms with Gasteiger partial charge in [0.1, 0.15) is 12.4 Å². The molecule has 0 saturated heterocycles. The average Bonchev–Trinajstić information content (AvgIpc) is 2.48. The van der Waals surface area contributed by atoms with Crippen molar-refractivity contribution in [3.05, 3.63) is 65.2 Å². The minimum atomic E-state index is -0.190. The Morgan fingerprint density at radius 3 is 2.43 bits per heavy atom. The molecule has 0 atom stereocenters. The van der Waals surface area contributed by atoms with Crippen LogP contribution in [0.1, 0.15) is 23.6 Å². The number of rotatable bonds is 5. The molecule has 0 fully saturated rings. The van der Waals surface area contributed by atoms with Gasteiger partial charge in [0, 0.05) is 6.92 Å². The summed E-state index contributed by atoms with van der Waals surface area (Å²) in [7, 11) is 0. The van der Waals surface area contributed by atoms with Crippen LogP contribution in [0.25, 0.3) is 0 Å². The first-order valence-corrected chi connectivity index (χ1v) is 6.71. The fraction of sp³-hybridized carbons (Fsp3) is 0.176. The summed E-state index contributed by atoms with van der Waals surface area (Å²) in [5.41, 5.74) is 5.63. The molecular weight excluding hydrogens is 264 g/mol. The number of ether oxygens (including phenoxy) is 1. The number of amides is 1. The molecule has 0 radical (unpaired) electrons. The van der Waals surface area contributed by atoms with Crippen LogP contribution in [0.5, 0.6) is 5.75 Å². The average molecular weight is 282 g/mol. The predicted molar refractivity (Wildman–Crippen MR) is 83.4 cm³/mol. The monoisotopic (exact) mass is 282 g/mol. The van der Waals surface area contributed by atoms with Gasteiger partial charge >= 0.3 is 0 Å². The molecule has 1 amide bonds. The van der Waals surface area contributed by atoms with Gasteiger partial charge in [0.15, 0.2) is 0 Å². The van der Waals surface area contributed by atoms with Gasteiger partial charge < -0.3 is 4.74 Å². The van der Waals surface area contributed by atoms with Crippen molar-refractivity contribution in [2.75, 3.05) is 0 Å². The molecule has 108 valence electrons. The van der Waals surface area contributed by atoms with E-state index in [1.165, 1.54) is 12.5 Å². The number of benzene rings is 2. The number of aryl methyl sites for hydroxylation is 1. The molecule has 0 aromatic heterocycles. The fourth-order valence-corrected chi connectivity index (χ4v) is 1.70. The van der Waals surface area contributed by atoms with Crippen LogP contribution < -0.4 is 10.2 Å². The molecule has 4 nitrogen and oxygen atoms in total. The second-order valence-electron chi connectivity index (χ2n) is 4.77. The van der Waals surface area contributed by atoms with Gasteiger partial charge in [-0.1, -0.05) is 29.8 Å². The predicted octanol–water partition coefficient (Wildman–Crippen LogP) is 3.04. The van der Waals surface area contributed by atoms with Gasteiger partial charge in [-0.15, -0.1) is 0 Å². The van der Waals surface area contributed by atoms with Gasteiger partial charge in [-0.05, 0) is 42.3 Å². The number of carbonyl (C=O) groups excluding carboxylic acids is 1. The van der Waals surface area contributed by atoms with Gasteiger partial charge in [-0.25, -0.2) is 5.43 Å². The third-order valence-corrected chi connectivity index (χ3v) is 2.84. The first kappa shape index (κ1) is 14.8. The van der Waals surface area contributed by atoms with Gasteiger partial charge in [0.25, 0.3) is 0 Å². The highest BCUT2D eigenvalue weighted by atomic mass is 16.5. The Morgan fingerprint density at radius 2 is 1.81 bits per heavy atom. The van der Waals surface area contributed by atoms with Crippen LogP contribution in [0, 0.1) is 6.92 Å². The number of nitrogens with one attached hydrogen (secondary N) is 1. The van der Waals surface area contributed by atoms with Crippen molar-refractivity contribution in [2.24, 2.45) is 5.10 Å². The Kier molecular flexibility index (Phi) is 5.10. The normalized spacial score (nSPS) is 10.6. The molecule has 0 aliphatic carbocycles. The second-order valence-corrected chi connectivity index (χ2v) is 4.77. The Hall–Kier alpha value is -2.62. The van der Waals surface area contributed by atoms with Crippen molar-refractivity contribution in [2.45, 2.75) is 20.5 Å². The molecule has 0 saturated carbocycles. The standard InChI is InChI=1S/C17H18N2O2/c1-13-3-5-16(6-4-13)12-21-17-9-7-15(8-10-17)11-18-19-14(2)20/h3-11H,12H2,1-2H3,(H,19,20)/b18-11-. The van der Waals surface area contributed by atoms with Crippen molar-refractivity contribution >= 4 is 12.1 Å². The van der Waals surface area contributed by atoms with Crippen LogP contribution in [0.3, 0.4) is 0 Å². The van der Waals surface area contributed by atoms with Crippen LogP contribution in [0.15, 0.2) is 53.6 Å². The maximum atomic E-state index is 10.7. The van der Waals surface area contributed by atoms with E-state index in [1.54, 1.807) is 6.21 Å². The molecule has 0 spiro atoms. The first-order chi connectivity index (χ1) is 10.1. The maximum Gasteiger partial charge on any atom is 0.236 e. The number of carbonyl (C=O) groups is 1. The lowest BCUT2D eigenvalue weighted by atomic mass is 10.2. The Bertz CT molecular complexity index is 616. The van der Waals surface area contributed by atoms with Crippen LogP contribution >= 0.6 is 0 Å². The van der Waals surface area contributed by atoms with Crippen molar-refractivity contribution in [3.63, 3.8) is 0 Å². The number of hydrazone groups is 1. The van der Waals surface area contributed by atoms with E-state index in [2.05, 4.69) is 41.7 Å². The fourth-order valence-electron chi connectivity index (χ4n) is 1.70. The Labute approximate surface area is 124 Å². The summed E-state index contributed by atoms with van der Waals surface area (Å²) in [6.07, 6.45) is 1.59. The summed E-state index contributed by atoms with van der Waals surface area (Å²) in [6.45, 7) is 4.02. The minimum absolute atomic E-state index is 0.190. The van der Waals surface area contributed by atoms with Crippen LogP contribution in [-0.4, -0.2) is 12.1 Å². The first-order valence-electron chi connectivity index (χ1n) is 6.71. The molecular formula is C17H18N2O2. The summed E-state index contributed by atoms with van der Waals surface area (Å²) in [5.74, 6) is 0.608. The summed E-state index contributed by atoms with van der Waals surface area (Å²) >= 11 is 0. The van der Waals surface area contributed by atoms with Gasteiger partial charge in [-0.2, -0.15) is 5.10 Å². The molecule has 0 unspecified atom stereocenters. The highest BCUT2D eigenvalue weighted by Gasteiger charge is 1.96. The highest BCUT2D eigenvalue weighted by molar-refractivity contribution is 5.81. The minimum Gasteiger partial charge on any atom is -0.489 e. The Morgan fingerprint density at radius 1 is 1.14 bits per heavy atom. The van der Waals surface area contributed by atoms with E-state index in [4.69, 9.17) is 4.74 Å². The number of hydrogen-bond donors (Lipinski definition) is 1. The summed E-state index contributed by atoms with van der Waals surface area (Å²) in [4.78, 5) is 10.7. The van der Waals surface area contributed by atoms with Crippen molar-refractivity contribution in [1.29, 1.82) is 0 Å². The molecule has 0 heterocycles. The van der Waals surface area contributed by atoms with E-state index >= 15 is 0 Å². The topological polar surface area (TPSA) is 50.7 Å². The number of nitrogens with zero attached hydrogens (tertiary/aromatic N) is 1. The third-order valence-electron chi connectivity index (χ3n) is 2.84. The zero-order chi connectivity index (χ0) is 15.1. The number of hydrogen-bond acceptors (Lipinski definition) is 3. The molecule has 2 aromatic rings. The van der Waals surface area contributed by atoms with E-state index < -0.39 is 0 Å². The van der Waals surface area contributed by atoms with Crippen molar-refractivity contribution in [3.8, 4) is 5.75 Å². The van der Waals surface area contributed by atoms with E-state index in [0.717, 1.165) is 16.9 Å². The lowest BCUT2D eigenvalue weighted by molar-refractivity contribution is -0.118. The molecule has 0 bridgehead atoms. The smallest absolute Gasteiger partial charge is 0.236 e. The lowest BCUT2D eigenvalue weighted by Crippen LogP contribution is -2.12. The molecule has 4 heteroatoms. The van der Waals surface area contributed by atoms with Crippen molar-refractivity contribution in [1.82, 2.24) is 5.43 Å². The van der Waals surface area contributed by atoms with Crippen LogP contribution in [0.2, 0.25) is 0 Å². The summed E-state index contributed by atoms with van der Waals surface area (Å²) < 4.78 is 5.72. The third kappa shape index (κ3) is 5.10. The van der Waals surface area contributed by atoms with E-state index in [-0.39, 0.29) is 5.91 Å². The molecule has 2 aromatic carbocycles. The second kappa shape index (κ2) is 7.24. The van der Waals surface area contributed by atoms with E-state index in [9.17, 15) is 4.79 Å². The Balaban J connectivity index is 1.88. The molecule has 2 rings (SSSR count). The van der Waals surface area contributed by atoms with Crippen LogP contribution in [-0.2, 0) is 11.4 Å². The summed E-state index contributed by atoms with van der Waals surface area (Å²) in [5, 5.41) is 3.81. The summed E-state index contributed by atoms with van der Waals surface area (Å²) in [6, 6.07) is 15.8. The van der Waals surface area contributed by atoms with Gasteiger partial charge in [0.2, 0.25) is 5.91 Å². The lowest BCUT2D eigenvalue weighted by Gasteiger charge is -2.06. The van der Waals surface area contributed by atoms with Gasteiger partial charge in [0.05, 0.1) is 6.21 Å². The largest absolute Gasteiger partial charge is 0.489 e. The molecule has 0 aliphatic rings. The van der Waals surface area contributed by atoms with E-state index in [1.807, 2.05) is 24.3 Å². The zero-order valence-corrected chi connectivity index (χ0v) is 12.2.